The van der Waals surface area contributed by atoms with Gasteiger partial charge in [0.25, 0.3) is 0 Å². The van der Waals surface area contributed by atoms with Gasteiger partial charge in [0.05, 0.1) is 5.56 Å². The van der Waals surface area contributed by atoms with E-state index in [-0.39, 0.29) is 16.2 Å². The molecule has 7 nitrogen and oxygen atoms in total. The highest BCUT2D eigenvalue weighted by atomic mass is 32.2. The van der Waals surface area contributed by atoms with E-state index in [0.29, 0.717) is 5.39 Å². The van der Waals surface area contributed by atoms with Crippen LogP contribution in [0.4, 0.5) is 4.79 Å². The predicted molar refractivity (Wildman–Crippen MR) is 84.2 cm³/mol. The summed E-state index contributed by atoms with van der Waals surface area (Å²) in [7, 11) is -3.14. The zero-order valence-electron chi connectivity index (χ0n) is 13.2. The molecule has 0 radical (unpaired) electrons. The number of furan rings is 1. The third-order valence-corrected chi connectivity index (χ3v) is 4.21. The number of ether oxygens (including phenoxy) is 1. The van der Waals surface area contributed by atoms with Crippen molar-refractivity contribution in [3.63, 3.8) is 0 Å². The molecule has 23 heavy (non-hydrogen) atoms. The van der Waals surface area contributed by atoms with Crippen LogP contribution in [-0.4, -0.2) is 33.2 Å². The first-order chi connectivity index (χ1) is 10.5. The van der Waals surface area contributed by atoms with Crippen LogP contribution in [0.3, 0.4) is 0 Å². The van der Waals surface area contributed by atoms with Crippen LogP contribution in [0.15, 0.2) is 38.1 Å². The van der Waals surface area contributed by atoms with Gasteiger partial charge in [-0.3, -0.25) is 0 Å². The molecule has 0 bridgehead atoms. The predicted octanol–water partition coefficient (Wildman–Crippen LogP) is 3.52. The van der Waals surface area contributed by atoms with Crippen molar-refractivity contribution < 1.29 is 28.1 Å². The van der Waals surface area contributed by atoms with E-state index in [4.69, 9.17) is 14.3 Å². The largest absolute Gasteiger partial charge is 0.478 e. The summed E-state index contributed by atoms with van der Waals surface area (Å²) in [6, 6.07) is 5.74. The molecule has 1 aromatic carbocycles. The molecule has 0 aliphatic carbocycles. The number of rotatable bonds is 2. The highest BCUT2D eigenvalue weighted by Gasteiger charge is 2.20. The first-order valence-electron chi connectivity index (χ1n) is 6.70. The third-order valence-electron chi connectivity index (χ3n) is 2.76. The number of carbonyl (C=O) groups is 2. The molecule has 2 rings (SSSR count). The maximum atomic E-state index is 12.6. The number of aromatic carboxylic acids is 1. The molecule has 124 valence electrons. The number of carboxylic acid groups (broad SMARTS) is 1. The Morgan fingerprint density at radius 1 is 1.26 bits per heavy atom. The van der Waals surface area contributed by atoms with E-state index in [1.807, 2.05) is 0 Å². The Morgan fingerprint density at radius 2 is 1.91 bits per heavy atom. The molecule has 1 unspecified atom stereocenters. The third kappa shape index (κ3) is 4.10. The molecular weight excluding hydrogens is 322 g/mol. The summed E-state index contributed by atoms with van der Waals surface area (Å²) < 4.78 is 26.6. The summed E-state index contributed by atoms with van der Waals surface area (Å²) in [4.78, 5) is 22.7. The van der Waals surface area contributed by atoms with Crippen molar-refractivity contribution in [1.29, 1.82) is 0 Å². The Labute approximate surface area is 133 Å². The molecule has 0 saturated carbocycles. The molecular formula is C15H17NO6S. The van der Waals surface area contributed by atoms with Gasteiger partial charge in [-0.25, -0.2) is 13.8 Å². The van der Waals surface area contributed by atoms with Crippen molar-refractivity contribution in [3.8, 4) is 0 Å². The van der Waals surface area contributed by atoms with Crippen LogP contribution in [0, 0.1) is 0 Å². The molecule has 0 saturated heterocycles. The van der Waals surface area contributed by atoms with Crippen molar-refractivity contribution in [2.45, 2.75) is 31.5 Å². The van der Waals surface area contributed by atoms with Gasteiger partial charge in [0, 0.05) is 17.7 Å². The summed E-state index contributed by atoms with van der Waals surface area (Å²) in [5, 5.41) is 9.52. The average molecular weight is 339 g/mol. The molecule has 8 heteroatoms. The van der Waals surface area contributed by atoms with E-state index in [1.165, 1.54) is 30.5 Å². The Morgan fingerprint density at radius 3 is 2.48 bits per heavy atom. The van der Waals surface area contributed by atoms with Crippen LogP contribution in [0.5, 0.6) is 0 Å². The highest BCUT2D eigenvalue weighted by molar-refractivity contribution is 7.93. The summed E-state index contributed by atoms with van der Waals surface area (Å²) in [5.41, 5.74) is -0.445. The monoisotopic (exact) mass is 339 g/mol. The van der Waals surface area contributed by atoms with Crippen LogP contribution < -0.4 is 0 Å². The zero-order valence-corrected chi connectivity index (χ0v) is 14.0. The van der Waals surface area contributed by atoms with Gasteiger partial charge >= 0.3 is 12.1 Å². The summed E-state index contributed by atoms with van der Waals surface area (Å²) in [6.45, 7) is 5.02. The average Bonchev–Trinajstić information content (AvgIpc) is 2.78. The molecule has 0 fully saturated rings. The summed E-state index contributed by atoms with van der Waals surface area (Å²) >= 11 is 0. The molecule has 1 heterocycles. The minimum Gasteiger partial charge on any atom is -0.478 e. The van der Waals surface area contributed by atoms with Gasteiger partial charge in [0.15, 0.2) is 5.09 Å². The van der Waals surface area contributed by atoms with E-state index < -0.39 is 27.4 Å². The first kappa shape index (κ1) is 17.0. The van der Waals surface area contributed by atoms with Crippen molar-refractivity contribution in [2.24, 2.45) is 4.36 Å². The lowest BCUT2D eigenvalue weighted by atomic mass is 10.2. The van der Waals surface area contributed by atoms with Crippen LogP contribution >= 0.6 is 0 Å². The van der Waals surface area contributed by atoms with Crippen molar-refractivity contribution in [1.82, 2.24) is 0 Å². The fourth-order valence-electron chi connectivity index (χ4n) is 1.79. The lowest BCUT2D eigenvalue weighted by molar-refractivity contribution is 0.0606. The normalized spacial score (nSPS) is 14.3. The highest BCUT2D eigenvalue weighted by Crippen LogP contribution is 2.25. The molecule has 0 spiro atoms. The van der Waals surface area contributed by atoms with Crippen LogP contribution in [0.2, 0.25) is 0 Å². The number of hydrogen-bond donors (Lipinski definition) is 1. The fourth-order valence-corrected chi connectivity index (χ4v) is 2.80. The van der Waals surface area contributed by atoms with Crippen LogP contribution in [-0.2, 0) is 14.5 Å². The number of carboxylic acids is 1. The number of amides is 1. The second kappa shape index (κ2) is 5.69. The maximum absolute atomic E-state index is 12.6. The van der Waals surface area contributed by atoms with Gasteiger partial charge in [-0.15, -0.1) is 4.36 Å². The van der Waals surface area contributed by atoms with Crippen molar-refractivity contribution in [2.75, 3.05) is 6.26 Å². The second-order valence-electron chi connectivity index (χ2n) is 6.00. The minimum atomic E-state index is -3.14. The van der Waals surface area contributed by atoms with Gasteiger partial charge in [-0.05, 0) is 32.9 Å². The molecule has 1 atom stereocenters. The Balaban J connectivity index is 2.43. The molecule has 2 aromatic rings. The Bertz CT molecular complexity index is 896. The smallest absolute Gasteiger partial charge is 0.442 e. The number of carbonyl (C=O) groups excluding carboxylic acids is 1. The van der Waals surface area contributed by atoms with Gasteiger partial charge in [-0.2, -0.15) is 0 Å². The van der Waals surface area contributed by atoms with Gasteiger partial charge in [-0.1, -0.05) is 6.07 Å². The van der Waals surface area contributed by atoms with E-state index in [9.17, 15) is 13.8 Å². The lowest BCUT2D eigenvalue weighted by Gasteiger charge is -2.17. The van der Waals surface area contributed by atoms with E-state index in [1.54, 1.807) is 20.8 Å². The van der Waals surface area contributed by atoms with E-state index in [2.05, 4.69) is 4.36 Å². The first-order valence-corrected chi connectivity index (χ1v) is 8.62. The van der Waals surface area contributed by atoms with Crippen LogP contribution in [0.1, 0.15) is 31.1 Å². The van der Waals surface area contributed by atoms with E-state index >= 15 is 0 Å². The summed E-state index contributed by atoms with van der Waals surface area (Å²) in [6.07, 6.45) is 0.309. The second-order valence-corrected chi connectivity index (χ2v) is 8.19. The lowest BCUT2D eigenvalue weighted by Crippen LogP contribution is -2.22. The van der Waals surface area contributed by atoms with Gasteiger partial charge < -0.3 is 14.3 Å². The van der Waals surface area contributed by atoms with Crippen molar-refractivity contribution in [3.05, 3.63) is 29.8 Å². The quantitative estimate of drug-likeness (QED) is 0.897. The molecule has 0 aliphatic heterocycles. The molecule has 1 N–H and O–H groups in total. The Hall–Kier alpha value is -2.35. The number of benzene rings is 1. The maximum Gasteiger partial charge on any atom is 0.442 e. The minimum absolute atomic E-state index is 0.0131. The molecule has 1 amide bonds. The summed E-state index contributed by atoms with van der Waals surface area (Å²) in [5.74, 6) is -1.10. The van der Waals surface area contributed by atoms with Gasteiger partial charge in [0.2, 0.25) is 0 Å². The zero-order chi connectivity index (χ0) is 17.4. The fraction of sp³-hybridized carbons (Fsp3) is 0.333. The van der Waals surface area contributed by atoms with E-state index in [0.717, 1.165) is 0 Å². The number of hydrogen-bond acceptors (Lipinski definition) is 5. The van der Waals surface area contributed by atoms with Crippen LogP contribution in [0.25, 0.3) is 11.0 Å². The number of nitrogens with zero attached hydrogens (tertiary/aromatic N) is 1. The molecule has 1 aromatic heterocycles. The SMILES string of the molecule is CC(C)(C)OC(=O)N=S(C)(=O)c1cc2ccc(C(=O)O)cc2o1. The van der Waals surface area contributed by atoms with Crippen molar-refractivity contribution >= 4 is 32.8 Å². The number of fused-ring (bicyclic) bond motifs is 1. The molecule has 0 aliphatic rings. The van der Waals surface area contributed by atoms with Gasteiger partial charge in [0.1, 0.15) is 20.9 Å². The topological polar surface area (TPSA) is 106 Å². The standard InChI is InChI=1S/C15H17NO6S/c1-15(2,3)22-14(19)16-23(4,20)12-8-9-5-6-10(13(17)18)7-11(9)21-12/h5-8H,1-4H3,(H,17,18). The Kier molecular flexibility index (Phi) is 4.21.